The fourth-order valence-electron chi connectivity index (χ4n) is 0.780. The molecule has 0 spiro atoms. The van der Waals surface area contributed by atoms with Gasteiger partial charge in [-0.25, -0.2) is 0 Å². The molecule has 2 N–H and O–H groups in total. The molecule has 12 heavy (non-hydrogen) atoms. The van der Waals surface area contributed by atoms with Crippen molar-refractivity contribution < 1.29 is 0 Å². The molecule has 0 bridgehead atoms. The molecule has 0 rings (SSSR count). The first kappa shape index (κ1) is 14.4. The quantitative estimate of drug-likeness (QED) is 0.577. The molecule has 76 valence electrons. The monoisotopic (exact) mass is 174 g/mol. The van der Waals surface area contributed by atoms with Crippen molar-refractivity contribution in [3.8, 4) is 0 Å². The van der Waals surface area contributed by atoms with Crippen molar-refractivity contribution in [1.82, 2.24) is 10.6 Å². The minimum atomic E-state index is 1.10. The lowest BCUT2D eigenvalue weighted by molar-refractivity contribution is 0.603. The highest BCUT2D eigenvalue weighted by Crippen LogP contribution is 1.70. The number of hydrogen-bond acceptors (Lipinski definition) is 2. The molecule has 0 aliphatic carbocycles. The van der Waals surface area contributed by atoms with Crippen molar-refractivity contribution in [2.45, 2.75) is 40.5 Å². The Balaban J connectivity index is 0. The molecule has 0 atom stereocenters. The van der Waals surface area contributed by atoms with Crippen LogP contribution in [0.4, 0.5) is 0 Å². The molecule has 0 saturated carbocycles. The average Bonchev–Trinajstić information content (AvgIpc) is 2.15. The van der Waals surface area contributed by atoms with Crippen LogP contribution in [0.1, 0.15) is 40.5 Å². The summed E-state index contributed by atoms with van der Waals surface area (Å²) < 4.78 is 0. The lowest BCUT2D eigenvalue weighted by Crippen LogP contribution is -2.28. The summed E-state index contributed by atoms with van der Waals surface area (Å²) in [5, 5.41) is 6.66. The maximum absolute atomic E-state index is 3.33. The van der Waals surface area contributed by atoms with Crippen LogP contribution in [0.15, 0.2) is 0 Å². The number of nitrogens with one attached hydrogen (secondary N) is 2. The number of hydrogen-bond donors (Lipinski definition) is 2. The normalized spacial score (nSPS) is 9.00. The van der Waals surface area contributed by atoms with E-state index in [0.29, 0.717) is 0 Å². The molecule has 0 aromatic heterocycles. The Morgan fingerprint density at radius 1 is 0.667 bits per heavy atom. The molecule has 0 heterocycles. The van der Waals surface area contributed by atoms with E-state index in [9.17, 15) is 0 Å². The summed E-state index contributed by atoms with van der Waals surface area (Å²) in [6.45, 7) is 12.9. The molecular weight excluding hydrogens is 148 g/mol. The standard InChI is InChI=1S/C8H20N2.C2H6/c1-3-5-9-7-8-10-6-4-2;1-2/h9-10H,3-8H2,1-2H3;1-2H3. The second-order valence-corrected chi connectivity index (χ2v) is 2.50. The molecule has 0 aliphatic rings. The third-order valence-electron chi connectivity index (χ3n) is 1.33. The Kier molecular flexibility index (Phi) is 20.6. The van der Waals surface area contributed by atoms with E-state index in [0.717, 1.165) is 26.2 Å². The van der Waals surface area contributed by atoms with Crippen LogP contribution in [0, 0.1) is 0 Å². The van der Waals surface area contributed by atoms with Gasteiger partial charge in [0.1, 0.15) is 0 Å². The Morgan fingerprint density at radius 2 is 1.00 bits per heavy atom. The third-order valence-corrected chi connectivity index (χ3v) is 1.33. The SMILES string of the molecule is CC.CCCNCCNCCC. The van der Waals surface area contributed by atoms with Crippen LogP contribution in [-0.4, -0.2) is 26.2 Å². The van der Waals surface area contributed by atoms with Crippen molar-refractivity contribution in [3.63, 3.8) is 0 Å². The minimum Gasteiger partial charge on any atom is -0.315 e. The van der Waals surface area contributed by atoms with Crippen LogP contribution < -0.4 is 10.6 Å². The van der Waals surface area contributed by atoms with Gasteiger partial charge in [0.2, 0.25) is 0 Å². The molecule has 0 saturated heterocycles. The Bertz CT molecular complexity index is 47.8. The fourth-order valence-corrected chi connectivity index (χ4v) is 0.780. The third kappa shape index (κ3) is 16.5. The summed E-state index contributed by atoms with van der Waals surface area (Å²) in [6.07, 6.45) is 2.46. The predicted molar refractivity (Wildman–Crippen MR) is 57.7 cm³/mol. The zero-order valence-corrected chi connectivity index (χ0v) is 9.24. The first-order valence-electron chi connectivity index (χ1n) is 5.33. The molecule has 0 amide bonds. The van der Waals surface area contributed by atoms with Gasteiger partial charge in [0.15, 0.2) is 0 Å². The van der Waals surface area contributed by atoms with E-state index >= 15 is 0 Å². The van der Waals surface area contributed by atoms with Gasteiger partial charge in [0.05, 0.1) is 0 Å². The van der Waals surface area contributed by atoms with E-state index < -0.39 is 0 Å². The van der Waals surface area contributed by atoms with Gasteiger partial charge in [-0.1, -0.05) is 27.7 Å². The zero-order valence-electron chi connectivity index (χ0n) is 9.24. The van der Waals surface area contributed by atoms with Gasteiger partial charge in [-0.15, -0.1) is 0 Å². The molecule has 0 aromatic rings. The number of rotatable bonds is 7. The van der Waals surface area contributed by atoms with Gasteiger partial charge < -0.3 is 10.6 Å². The zero-order chi connectivity index (χ0) is 9.66. The lowest BCUT2D eigenvalue weighted by Gasteiger charge is -2.03. The van der Waals surface area contributed by atoms with Crippen LogP contribution in [0.3, 0.4) is 0 Å². The summed E-state index contributed by atoms with van der Waals surface area (Å²) in [5.41, 5.74) is 0. The van der Waals surface area contributed by atoms with Gasteiger partial charge in [0.25, 0.3) is 0 Å². The maximum atomic E-state index is 3.33. The Hall–Kier alpha value is -0.0800. The highest BCUT2D eigenvalue weighted by atomic mass is 14.9. The fraction of sp³-hybridized carbons (Fsp3) is 1.00. The Morgan fingerprint density at radius 3 is 1.25 bits per heavy atom. The van der Waals surface area contributed by atoms with Crippen molar-refractivity contribution in [2.75, 3.05) is 26.2 Å². The Labute approximate surface area is 78.1 Å². The summed E-state index contributed by atoms with van der Waals surface area (Å²) in [5.74, 6) is 0. The summed E-state index contributed by atoms with van der Waals surface area (Å²) in [7, 11) is 0. The first-order chi connectivity index (χ1) is 5.91. The molecule has 2 nitrogen and oxygen atoms in total. The van der Waals surface area contributed by atoms with Crippen LogP contribution in [-0.2, 0) is 0 Å². The molecule has 0 aliphatic heterocycles. The van der Waals surface area contributed by atoms with E-state index in [4.69, 9.17) is 0 Å². The van der Waals surface area contributed by atoms with Crippen molar-refractivity contribution in [3.05, 3.63) is 0 Å². The second kappa shape index (κ2) is 17.1. The van der Waals surface area contributed by atoms with Crippen molar-refractivity contribution >= 4 is 0 Å². The van der Waals surface area contributed by atoms with Gasteiger partial charge in [-0.05, 0) is 25.9 Å². The van der Waals surface area contributed by atoms with Gasteiger partial charge in [-0.3, -0.25) is 0 Å². The second-order valence-electron chi connectivity index (χ2n) is 2.50. The molecule has 0 unspecified atom stereocenters. The van der Waals surface area contributed by atoms with Gasteiger partial charge in [-0.2, -0.15) is 0 Å². The summed E-state index contributed by atoms with van der Waals surface area (Å²) in [6, 6.07) is 0. The minimum absolute atomic E-state index is 1.10. The van der Waals surface area contributed by atoms with Crippen LogP contribution in [0.2, 0.25) is 0 Å². The molecule has 0 fully saturated rings. The smallest absolute Gasteiger partial charge is 0.00767 e. The van der Waals surface area contributed by atoms with Crippen LogP contribution >= 0.6 is 0 Å². The van der Waals surface area contributed by atoms with E-state index in [-0.39, 0.29) is 0 Å². The molecular formula is C10H26N2. The van der Waals surface area contributed by atoms with E-state index in [1.807, 2.05) is 13.8 Å². The highest BCUT2D eigenvalue weighted by Gasteiger charge is 1.83. The largest absolute Gasteiger partial charge is 0.315 e. The molecule has 2 heteroatoms. The molecule has 0 radical (unpaired) electrons. The lowest BCUT2D eigenvalue weighted by atomic mass is 10.4. The average molecular weight is 174 g/mol. The van der Waals surface area contributed by atoms with E-state index in [2.05, 4.69) is 24.5 Å². The highest BCUT2D eigenvalue weighted by molar-refractivity contribution is 4.49. The maximum Gasteiger partial charge on any atom is 0.00767 e. The van der Waals surface area contributed by atoms with Crippen molar-refractivity contribution in [1.29, 1.82) is 0 Å². The topological polar surface area (TPSA) is 24.1 Å². The van der Waals surface area contributed by atoms with Crippen molar-refractivity contribution in [2.24, 2.45) is 0 Å². The molecule has 0 aromatic carbocycles. The predicted octanol–water partition coefficient (Wildman–Crippen LogP) is 2.01. The van der Waals surface area contributed by atoms with Crippen LogP contribution in [0.25, 0.3) is 0 Å². The van der Waals surface area contributed by atoms with Crippen LogP contribution in [0.5, 0.6) is 0 Å². The van der Waals surface area contributed by atoms with E-state index in [1.54, 1.807) is 0 Å². The van der Waals surface area contributed by atoms with Gasteiger partial charge in [0, 0.05) is 13.1 Å². The van der Waals surface area contributed by atoms with E-state index in [1.165, 1.54) is 12.8 Å². The summed E-state index contributed by atoms with van der Waals surface area (Å²) in [4.78, 5) is 0. The first-order valence-corrected chi connectivity index (χ1v) is 5.33. The van der Waals surface area contributed by atoms with Gasteiger partial charge >= 0.3 is 0 Å². The summed E-state index contributed by atoms with van der Waals surface area (Å²) >= 11 is 0.